The fourth-order valence-corrected chi connectivity index (χ4v) is 2.60. The Kier molecular flexibility index (Phi) is 5.96. The first-order valence-corrected chi connectivity index (χ1v) is 8.38. The number of amides is 1. The number of aromatic amines is 1. The number of hydrogen-bond donors (Lipinski definition) is 2. The molecule has 3 aromatic rings. The third kappa shape index (κ3) is 4.91. The predicted octanol–water partition coefficient (Wildman–Crippen LogP) is 3.06. The van der Waals surface area contributed by atoms with Crippen LogP contribution in [0.1, 0.15) is 27.5 Å². The standard InChI is InChI=1S/C21H20N2O3/c24-20-13-18(11-12-22-20)21(25)23-19(17-9-5-2-6-10-17)15-26-14-16-7-3-1-4-8-16/h1-13,19H,14-15H2,(H,22,24)(H,23,25)/t19-/m1/s1. The first-order valence-electron chi connectivity index (χ1n) is 8.38. The number of rotatable bonds is 7. The Hall–Kier alpha value is -3.18. The number of carbonyl (C=O) groups is 1. The second-order valence-corrected chi connectivity index (χ2v) is 5.88. The van der Waals surface area contributed by atoms with Gasteiger partial charge in [0.25, 0.3) is 5.91 Å². The zero-order chi connectivity index (χ0) is 18.2. The summed E-state index contributed by atoms with van der Waals surface area (Å²) in [4.78, 5) is 26.4. The van der Waals surface area contributed by atoms with Crippen LogP contribution in [0.3, 0.4) is 0 Å². The van der Waals surface area contributed by atoms with E-state index in [4.69, 9.17) is 4.74 Å². The van der Waals surface area contributed by atoms with Crippen molar-refractivity contribution >= 4 is 5.91 Å². The molecular weight excluding hydrogens is 328 g/mol. The molecule has 0 saturated carbocycles. The SMILES string of the molecule is O=C(N[C@H](COCc1ccccc1)c1ccccc1)c1cc[nH]c(=O)c1. The number of aromatic nitrogens is 1. The summed E-state index contributed by atoms with van der Waals surface area (Å²) < 4.78 is 5.81. The second kappa shape index (κ2) is 8.78. The number of pyridine rings is 1. The van der Waals surface area contributed by atoms with Crippen molar-refractivity contribution in [2.75, 3.05) is 6.61 Å². The lowest BCUT2D eigenvalue weighted by molar-refractivity contribution is 0.0796. The van der Waals surface area contributed by atoms with Crippen LogP contribution >= 0.6 is 0 Å². The highest BCUT2D eigenvalue weighted by Gasteiger charge is 2.16. The molecule has 5 heteroatoms. The largest absolute Gasteiger partial charge is 0.374 e. The summed E-state index contributed by atoms with van der Waals surface area (Å²) in [5, 5.41) is 2.95. The van der Waals surface area contributed by atoms with Crippen molar-refractivity contribution in [1.82, 2.24) is 10.3 Å². The van der Waals surface area contributed by atoms with E-state index in [-0.39, 0.29) is 17.5 Å². The Balaban J connectivity index is 1.69. The van der Waals surface area contributed by atoms with E-state index in [1.54, 1.807) is 6.07 Å². The van der Waals surface area contributed by atoms with Crippen LogP contribution in [-0.4, -0.2) is 17.5 Å². The average Bonchev–Trinajstić information content (AvgIpc) is 2.68. The van der Waals surface area contributed by atoms with Crippen molar-refractivity contribution in [2.24, 2.45) is 0 Å². The van der Waals surface area contributed by atoms with Crippen molar-refractivity contribution in [3.63, 3.8) is 0 Å². The zero-order valence-electron chi connectivity index (χ0n) is 14.2. The highest BCUT2D eigenvalue weighted by Crippen LogP contribution is 2.15. The summed E-state index contributed by atoms with van der Waals surface area (Å²) in [6.45, 7) is 0.791. The Morgan fingerprint density at radius 1 is 1.00 bits per heavy atom. The predicted molar refractivity (Wildman–Crippen MR) is 99.8 cm³/mol. The van der Waals surface area contributed by atoms with Crippen LogP contribution in [-0.2, 0) is 11.3 Å². The second-order valence-electron chi connectivity index (χ2n) is 5.88. The van der Waals surface area contributed by atoms with E-state index in [0.29, 0.717) is 18.8 Å². The summed E-state index contributed by atoms with van der Waals surface area (Å²) in [5.74, 6) is -0.312. The van der Waals surface area contributed by atoms with Gasteiger partial charge in [-0.15, -0.1) is 0 Å². The molecule has 5 nitrogen and oxygen atoms in total. The molecule has 0 fully saturated rings. The van der Waals surface area contributed by atoms with Crippen LogP contribution in [0.4, 0.5) is 0 Å². The summed E-state index contributed by atoms with van der Waals surface area (Å²) in [6, 6.07) is 22.0. The molecule has 0 unspecified atom stereocenters. The van der Waals surface area contributed by atoms with Gasteiger partial charge in [0.15, 0.2) is 0 Å². The average molecular weight is 348 g/mol. The van der Waals surface area contributed by atoms with Crippen LogP contribution in [0.25, 0.3) is 0 Å². The number of ether oxygens (including phenoxy) is 1. The van der Waals surface area contributed by atoms with Crippen molar-refractivity contribution in [3.05, 3.63) is 106 Å². The van der Waals surface area contributed by atoms with Gasteiger partial charge in [-0.05, 0) is 17.2 Å². The highest BCUT2D eigenvalue weighted by molar-refractivity contribution is 5.94. The van der Waals surface area contributed by atoms with Crippen LogP contribution in [0.15, 0.2) is 83.8 Å². The molecule has 1 amide bonds. The quantitative estimate of drug-likeness (QED) is 0.689. The first-order chi connectivity index (χ1) is 12.7. The van der Waals surface area contributed by atoms with Gasteiger partial charge in [0.1, 0.15) is 0 Å². The topological polar surface area (TPSA) is 71.2 Å². The van der Waals surface area contributed by atoms with E-state index in [2.05, 4.69) is 10.3 Å². The van der Waals surface area contributed by atoms with E-state index in [9.17, 15) is 9.59 Å². The van der Waals surface area contributed by atoms with Gasteiger partial charge in [-0.1, -0.05) is 60.7 Å². The normalized spacial score (nSPS) is 11.7. The molecular formula is C21H20N2O3. The van der Waals surface area contributed by atoms with E-state index < -0.39 is 0 Å². The molecule has 0 radical (unpaired) electrons. The minimum absolute atomic E-state index is 0.311. The Labute approximate surface area is 151 Å². The molecule has 26 heavy (non-hydrogen) atoms. The number of hydrogen-bond acceptors (Lipinski definition) is 3. The molecule has 1 heterocycles. The van der Waals surface area contributed by atoms with Gasteiger partial charge in [0, 0.05) is 17.8 Å². The summed E-state index contributed by atoms with van der Waals surface area (Å²) in [5.41, 5.74) is 2.02. The third-order valence-corrected chi connectivity index (χ3v) is 3.94. The molecule has 1 aromatic heterocycles. The molecule has 0 aliphatic rings. The molecule has 0 bridgehead atoms. The van der Waals surface area contributed by atoms with Gasteiger partial charge in [-0.3, -0.25) is 9.59 Å². The molecule has 1 atom stereocenters. The molecule has 0 aliphatic heterocycles. The van der Waals surface area contributed by atoms with Crippen molar-refractivity contribution in [3.8, 4) is 0 Å². The monoisotopic (exact) mass is 348 g/mol. The fraction of sp³-hybridized carbons (Fsp3) is 0.143. The van der Waals surface area contributed by atoms with Crippen molar-refractivity contribution in [1.29, 1.82) is 0 Å². The molecule has 0 aliphatic carbocycles. The minimum atomic E-state index is -0.313. The van der Waals surface area contributed by atoms with Crippen LogP contribution < -0.4 is 10.9 Å². The maximum Gasteiger partial charge on any atom is 0.252 e. The maximum absolute atomic E-state index is 12.5. The van der Waals surface area contributed by atoms with Crippen molar-refractivity contribution in [2.45, 2.75) is 12.6 Å². The molecule has 2 N–H and O–H groups in total. The van der Waals surface area contributed by atoms with Crippen LogP contribution in [0, 0.1) is 0 Å². The number of benzene rings is 2. The summed E-state index contributed by atoms with van der Waals surface area (Å²) in [7, 11) is 0. The van der Waals surface area contributed by atoms with Crippen molar-refractivity contribution < 1.29 is 9.53 Å². The van der Waals surface area contributed by atoms with Gasteiger partial charge in [0.05, 0.1) is 19.3 Å². The lowest BCUT2D eigenvalue weighted by Crippen LogP contribution is -2.32. The first kappa shape index (κ1) is 17.6. The molecule has 3 rings (SSSR count). The van der Waals surface area contributed by atoms with Gasteiger partial charge >= 0.3 is 0 Å². The van der Waals surface area contributed by atoms with Gasteiger partial charge in [-0.25, -0.2) is 0 Å². The third-order valence-electron chi connectivity index (χ3n) is 3.94. The molecule has 0 saturated heterocycles. The maximum atomic E-state index is 12.5. The summed E-state index contributed by atoms with van der Waals surface area (Å²) >= 11 is 0. The van der Waals surface area contributed by atoms with E-state index in [1.165, 1.54) is 12.3 Å². The fourth-order valence-electron chi connectivity index (χ4n) is 2.60. The molecule has 2 aromatic carbocycles. The minimum Gasteiger partial charge on any atom is -0.374 e. The smallest absolute Gasteiger partial charge is 0.252 e. The highest BCUT2D eigenvalue weighted by atomic mass is 16.5. The number of carbonyl (C=O) groups excluding carboxylic acids is 1. The van der Waals surface area contributed by atoms with E-state index >= 15 is 0 Å². The van der Waals surface area contributed by atoms with Gasteiger partial charge in [-0.2, -0.15) is 0 Å². The lowest BCUT2D eigenvalue weighted by Gasteiger charge is -2.19. The van der Waals surface area contributed by atoms with E-state index in [0.717, 1.165) is 11.1 Å². The van der Waals surface area contributed by atoms with Gasteiger partial charge < -0.3 is 15.0 Å². The van der Waals surface area contributed by atoms with Gasteiger partial charge in [0.2, 0.25) is 5.56 Å². The number of nitrogens with one attached hydrogen (secondary N) is 2. The van der Waals surface area contributed by atoms with Crippen LogP contribution in [0.2, 0.25) is 0 Å². The zero-order valence-corrected chi connectivity index (χ0v) is 14.2. The lowest BCUT2D eigenvalue weighted by atomic mass is 10.1. The molecule has 0 spiro atoms. The Morgan fingerprint density at radius 3 is 2.38 bits per heavy atom. The van der Waals surface area contributed by atoms with Crippen LogP contribution in [0.5, 0.6) is 0 Å². The number of H-pyrrole nitrogens is 1. The Morgan fingerprint density at radius 2 is 1.69 bits per heavy atom. The molecule has 132 valence electrons. The van der Waals surface area contributed by atoms with E-state index in [1.807, 2.05) is 60.7 Å². The Bertz CT molecular complexity index is 892. The summed E-state index contributed by atoms with van der Waals surface area (Å²) in [6.07, 6.45) is 1.46.